The molecule has 1 aromatic carbocycles. The molecule has 0 saturated carbocycles. The van der Waals surface area contributed by atoms with Crippen molar-refractivity contribution in [2.45, 2.75) is 25.5 Å². The van der Waals surface area contributed by atoms with Crippen LogP contribution in [0.4, 0.5) is 14.5 Å². The number of nitrogens with one attached hydrogen (secondary N) is 1. The summed E-state index contributed by atoms with van der Waals surface area (Å²) in [7, 11) is 1.51. The molecule has 0 aliphatic heterocycles. The zero-order valence-electron chi connectivity index (χ0n) is 11.9. The maximum absolute atomic E-state index is 13.5. The van der Waals surface area contributed by atoms with Gasteiger partial charge in [-0.25, -0.2) is 4.39 Å². The Hall–Kier alpha value is -1.64. The average Bonchev–Trinajstić information content (AvgIpc) is 2.38. The van der Waals surface area contributed by atoms with Crippen molar-refractivity contribution in [1.29, 1.82) is 0 Å². The Morgan fingerprint density at radius 2 is 2.10 bits per heavy atom. The van der Waals surface area contributed by atoms with E-state index in [-0.39, 0.29) is 18.7 Å². The van der Waals surface area contributed by atoms with E-state index in [2.05, 4.69) is 5.32 Å². The molecular weight excluding hydrogens is 286 g/mol. The van der Waals surface area contributed by atoms with E-state index in [0.717, 1.165) is 6.07 Å². The first-order chi connectivity index (χ1) is 9.76. The van der Waals surface area contributed by atoms with Gasteiger partial charge in [-0.3, -0.25) is 10.1 Å². The van der Waals surface area contributed by atoms with Gasteiger partial charge in [-0.1, -0.05) is 0 Å². The van der Waals surface area contributed by atoms with Crippen LogP contribution in [0.3, 0.4) is 0 Å². The summed E-state index contributed by atoms with van der Waals surface area (Å²) in [6.07, 6.45) is 0.378. The summed E-state index contributed by atoms with van der Waals surface area (Å²) in [6, 6.07) is 1.33. The van der Waals surface area contributed by atoms with Crippen LogP contribution in [0.2, 0.25) is 0 Å². The molecule has 21 heavy (non-hydrogen) atoms. The molecule has 0 aliphatic rings. The molecule has 0 heterocycles. The zero-order valence-corrected chi connectivity index (χ0v) is 11.9. The second-order valence-corrected chi connectivity index (χ2v) is 5.00. The maximum Gasteiger partial charge on any atom is 0.305 e. The molecule has 6 nitrogen and oxygen atoms in total. The SMILES string of the molecule is COCCC(C)(O)CNCc1cc([N+](=O)[O-])c(F)cc1F. The lowest BCUT2D eigenvalue weighted by Crippen LogP contribution is -2.38. The van der Waals surface area contributed by atoms with Gasteiger partial charge in [0.1, 0.15) is 5.82 Å². The lowest BCUT2D eigenvalue weighted by molar-refractivity contribution is -0.387. The van der Waals surface area contributed by atoms with Crippen LogP contribution in [-0.4, -0.2) is 35.9 Å². The van der Waals surface area contributed by atoms with Crippen molar-refractivity contribution in [3.63, 3.8) is 0 Å². The average molecular weight is 304 g/mol. The van der Waals surface area contributed by atoms with Gasteiger partial charge in [-0.2, -0.15) is 4.39 Å². The highest BCUT2D eigenvalue weighted by Crippen LogP contribution is 2.21. The third kappa shape index (κ3) is 5.33. The summed E-state index contributed by atoms with van der Waals surface area (Å²) in [5.74, 6) is -2.09. The first-order valence-electron chi connectivity index (χ1n) is 6.31. The van der Waals surface area contributed by atoms with Crippen LogP contribution in [0, 0.1) is 21.7 Å². The smallest absolute Gasteiger partial charge is 0.305 e. The van der Waals surface area contributed by atoms with E-state index in [1.165, 1.54) is 7.11 Å². The number of hydrogen-bond donors (Lipinski definition) is 2. The van der Waals surface area contributed by atoms with Crippen molar-refractivity contribution in [2.24, 2.45) is 0 Å². The fraction of sp³-hybridized carbons (Fsp3) is 0.538. The molecule has 0 bridgehead atoms. The largest absolute Gasteiger partial charge is 0.389 e. The van der Waals surface area contributed by atoms with Crippen molar-refractivity contribution in [3.8, 4) is 0 Å². The lowest BCUT2D eigenvalue weighted by atomic mass is 10.0. The van der Waals surface area contributed by atoms with E-state index in [1.54, 1.807) is 6.92 Å². The molecule has 1 aromatic rings. The first-order valence-corrected chi connectivity index (χ1v) is 6.31. The van der Waals surface area contributed by atoms with E-state index < -0.39 is 27.8 Å². The minimum atomic E-state index is -1.21. The summed E-state index contributed by atoms with van der Waals surface area (Å²) in [6.45, 7) is 2.03. The number of aliphatic hydroxyl groups is 1. The Bertz CT molecular complexity index is 509. The van der Waals surface area contributed by atoms with Gasteiger partial charge in [0.25, 0.3) is 0 Å². The first kappa shape index (κ1) is 17.4. The topological polar surface area (TPSA) is 84.6 Å². The van der Waals surface area contributed by atoms with Crippen LogP contribution >= 0.6 is 0 Å². The molecule has 8 heteroatoms. The van der Waals surface area contributed by atoms with E-state index in [1.807, 2.05) is 0 Å². The second kappa shape index (κ2) is 7.39. The van der Waals surface area contributed by atoms with Gasteiger partial charge in [0.2, 0.25) is 5.82 Å². The van der Waals surface area contributed by atoms with Crippen molar-refractivity contribution in [3.05, 3.63) is 39.4 Å². The fourth-order valence-corrected chi connectivity index (χ4v) is 1.73. The van der Waals surface area contributed by atoms with Crippen LogP contribution in [0.15, 0.2) is 12.1 Å². The Morgan fingerprint density at radius 3 is 2.67 bits per heavy atom. The normalized spacial score (nSPS) is 14.0. The van der Waals surface area contributed by atoms with Crippen LogP contribution in [0.1, 0.15) is 18.9 Å². The Kier molecular flexibility index (Phi) is 6.13. The Labute approximate surface area is 120 Å². The number of methoxy groups -OCH3 is 1. The fourth-order valence-electron chi connectivity index (χ4n) is 1.73. The van der Waals surface area contributed by atoms with Gasteiger partial charge in [-0.15, -0.1) is 0 Å². The number of hydrogen-bond acceptors (Lipinski definition) is 5. The molecule has 1 unspecified atom stereocenters. The van der Waals surface area contributed by atoms with E-state index in [0.29, 0.717) is 19.1 Å². The van der Waals surface area contributed by atoms with Crippen molar-refractivity contribution >= 4 is 5.69 Å². The molecule has 2 N–H and O–H groups in total. The van der Waals surface area contributed by atoms with Gasteiger partial charge in [0.15, 0.2) is 0 Å². The van der Waals surface area contributed by atoms with Crippen molar-refractivity contribution in [1.82, 2.24) is 5.32 Å². The molecule has 0 fully saturated rings. The van der Waals surface area contributed by atoms with Crippen LogP contribution < -0.4 is 5.32 Å². The van der Waals surface area contributed by atoms with E-state index >= 15 is 0 Å². The zero-order chi connectivity index (χ0) is 16.0. The van der Waals surface area contributed by atoms with Gasteiger partial charge < -0.3 is 15.2 Å². The molecule has 0 aromatic heterocycles. The Morgan fingerprint density at radius 1 is 1.43 bits per heavy atom. The van der Waals surface area contributed by atoms with Gasteiger partial charge >= 0.3 is 5.69 Å². The van der Waals surface area contributed by atoms with E-state index in [9.17, 15) is 24.0 Å². The summed E-state index contributed by atoms with van der Waals surface area (Å²) < 4.78 is 31.6. The molecule has 0 aliphatic carbocycles. The van der Waals surface area contributed by atoms with Gasteiger partial charge in [-0.05, 0) is 6.92 Å². The van der Waals surface area contributed by atoms with E-state index in [4.69, 9.17) is 4.74 Å². The minimum absolute atomic E-state index is 0.0364. The van der Waals surface area contributed by atoms with Gasteiger partial charge in [0.05, 0.1) is 10.5 Å². The molecule has 0 saturated heterocycles. The van der Waals surface area contributed by atoms with Crippen LogP contribution in [0.25, 0.3) is 0 Å². The maximum atomic E-state index is 13.5. The quantitative estimate of drug-likeness (QED) is 0.564. The minimum Gasteiger partial charge on any atom is -0.389 e. The lowest BCUT2D eigenvalue weighted by Gasteiger charge is -2.23. The van der Waals surface area contributed by atoms with Crippen molar-refractivity contribution < 1.29 is 23.5 Å². The molecule has 0 spiro atoms. The highest BCUT2D eigenvalue weighted by Gasteiger charge is 2.21. The number of benzene rings is 1. The number of ether oxygens (including phenoxy) is 1. The number of rotatable bonds is 8. The summed E-state index contributed by atoms with van der Waals surface area (Å²) in [5, 5.41) is 23.4. The second-order valence-electron chi connectivity index (χ2n) is 5.00. The Balaban J connectivity index is 2.67. The standard InChI is InChI=1S/C13H18F2N2O4/c1-13(18,3-4-21-2)8-16-7-9-5-12(17(19)20)11(15)6-10(9)14/h5-6,16,18H,3-4,7-8H2,1-2H3. The third-order valence-corrected chi connectivity index (χ3v) is 2.98. The van der Waals surface area contributed by atoms with Crippen LogP contribution in [0.5, 0.6) is 0 Å². The molecule has 1 atom stereocenters. The number of halogens is 2. The van der Waals surface area contributed by atoms with Crippen molar-refractivity contribution in [2.75, 3.05) is 20.3 Å². The highest BCUT2D eigenvalue weighted by atomic mass is 19.1. The monoisotopic (exact) mass is 304 g/mol. The molecular formula is C13H18F2N2O4. The molecule has 0 amide bonds. The highest BCUT2D eigenvalue weighted by molar-refractivity contribution is 5.37. The number of nitro benzene ring substituents is 1. The summed E-state index contributed by atoms with van der Waals surface area (Å²) >= 11 is 0. The number of nitrogens with zero attached hydrogens (tertiary/aromatic N) is 1. The summed E-state index contributed by atoms with van der Waals surface area (Å²) in [4.78, 5) is 9.70. The van der Waals surface area contributed by atoms with Crippen LogP contribution in [-0.2, 0) is 11.3 Å². The number of nitro groups is 1. The van der Waals surface area contributed by atoms with Gasteiger partial charge in [0, 0.05) is 50.9 Å². The third-order valence-electron chi connectivity index (χ3n) is 2.98. The molecule has 0 radical (unpaired) electrons. The molecule has 1 rings (SSSR count). The molecule has 118 valence electrons. The predicted molar refractivity (Wildman–Crippen MR) is 71.8 cm³/mol. The predicted octanol–water partition coefficient (Wildman–Crippen LogP) is 1.75. The summed E-state index contributed by atoms with van der Waals surface area (Å²) in [5.41, 5.74) is -1.87.